The van der Waals surface area contributed by atoms with Gasteiger partial charge in [-0.3, -0.25) is 9.59 Å². The van der Waals surface area contributed by atoms with E-state index in [-0.39, 0.29) is 11.7 Å². The molecule has 0 atom stereocenters. The molecule has 0 spiro atoms. The molecule has 19 heavy (non-hydrogen) atoms. The Kier molecular flexibility index (Phi) is 4.20. The number of benzene rings is 1. The fraction of sp³-hybridized carbons (Fsp3) is 0.467. The number of amides is 1. The highest BCUT2D eigenvalue weighted by molar-refractivity contribution is 5.96. The molecule has 1 saturated carbocycles. The lowest BCUT2D eigenvalue weighted by Gasteiger charge is -2.10. The van der Waals surface area contributed by atoms with Crippen LogP contribution in [0.25, 0.3) is 0 Å². The van der Waals surface area contributed by atoms with Gasteiger partial charge in [-0.05, 0) is 44.4 Å². The Morgan fingerprint density at radius 3 is 2.74 bits per heavy atom. The maximum atomic E-state index is 11.5. The van der Waals surface area contributed by atoms with E-state index in [9.17, 15) is 9.59 Å². The van der Waals surface area contributed by atoms with Crippen molar-refractivity contribution in [2.45, 2.75) is 39.2 Å². The van der Waals surface area contributed by atoms with Crippen LogP contribution in [0.3, 0.4) is 0 Å². The summed E-state index contributed by atoms with van der Waals surface area (Å²) >= 11 is 0. The van der Waals surface area contributed by atoms with E-state index in [0.717, 1.165) is 18.4 Å². The van der Waals surface area contributed by atoms with Gasteiger partial charge in [0.2, 0.25) is 5.91 Å². The summed E-state index contributed by atoms with van der Waals surface area (Å²) in [4.78, 5) is 23.0. The van der Waals surface area contributed by atoms with Crippen LogP contribution >= 0.6 is 0 Å². The minimum Gasteiger partial charge on any atom is -0.492 e. The second kappa shape index (κ2) is 5.87. The van der Waals surface area contributed by atoms with Crippen molar-refractivity contribution in [3.63, 3.8) is 0 Å². The molecule has 0 aromatic heterocycles. The zero-order valence-electron chi connectivity index (χ0n) is 11.4. The summed E-state index contributed by atoms with van der Waals surface area (Å²) in [6.07, 6.45) is 2.49. The van der Waals surface area contributed by atoms with Crippen molar-refractivity contribution >= 4 is 11.7 Å². The molecular weight excluding hydrogens is 242 g/mol. The van der Waals surface area contributed by atoms with Gasteiger partial charge in [0, 0.05) is 6.04 Å². The number of carbonyl (C=O) groups excluding carboxylic acids is 2. The molecule has 0 bridgehead atoms. The van der Waals surface area contributed by atoms with E-state index >= 15 is 0 Å². The van der Waals surface area contributed by atoms with Crippen molar-refractivity contribution in [1.29, 1.82) is 0 Å². The van der Waals surface area contributed by atoms with Crippen LogP contribution in [0, 0.1) is 6.92 Å². The molecular formula is C15H19NO3. The third kappa shape index (κ3) is 4.09. The first-order chi connectivity index (χ1) is 9.06. The fourth-order valence-electron chi connectivity index (χ4n) is 1.82. The summed E-state index contributed by atoms with van der Waals surface area (Å²) in [5.41, 5.74) is 1.59. The lowest BCUT2D eigenvalue weighted by Crippen LogP contribution is -2.26. The van der Waals surface area contributed by atoms with Crippen molar-refractivity contribution in [1.82, 2.24) is 5.32 Å². The van der Waals surface area contributed by atoms with Crippen LogP contribution in [0.2, 0.25) is 0 Å². The molecule has 4 nitrogen and oxygen atoms in total. The third-order valence-electron chi connectivity index (χ3n) is 3.05. The lowest BCUT2D eigenvalue weighted by molar-refractivity contribution is -0.121. The van der Waals surface area contributed by atoms with Crippen molar-refractivity contribution in [2.24, 2.45) is 0 Å². The Bertz CT molecular complexity index is 492. The van der Waals surface area contributed by atoms with Crippen LogP contribution in [-0.4, -0.2) is 24.3 Å². The van der Waals surface area contributed by atoms with Crippen LogP contribution in [0.4, 0.5) is 0 Å². The normalized spacial score (nSPS) is 14.0. The van der Waals surface area contributed by atoms with Crippen LogP contribution in [0.5, 0.6) is 5.75 Å². The predicted octanol–water partition coefficient (Wildman–Crippen LogP) is 2.25. The highest BCUT2D eigenvalue weighted by Crippen LogP contribution is 2.21. The molecule has 0 radical (unpaired) electrons. The van der Waals surface area contributed by atoms with Gasteiger partial charge >= 0.3 is 0 Å². The zero-order chi connectivity index (χ0) is 13.8. The number of ether oxygens (including phenoxy) is 1. The third-order valence-corrected chi connectivity index (χ3v) is 3.05. The molecule has 1 aromatic rings. The molecule has 0 saturated heterocycles. The van der Waals surface area contributed by atoms with E-state index < -0.39 is 0 Å². The molecule has 4 heteroatoms. The van der Waals surface area contributed by atoms with Gasteiger partial charge < -0.3 is 10.1 Å². The minimum absolute atomic E-state index is 0.0135. The first-order valence-corrected chi connectivity index (χ1v) is 6.60. The van der Waals surface area contributed by atoms with Gasteiger partial charge in [0.05, 0.1) is 18.6 Å². The average Bonchev–Trinajstić information content (AvgIpc) is 3.12. The number of hydrogen-bond donors (Lipinski definition) is 1. The van der Waals surface area contributed by atoms with Crippen molar-refractivity contribution in [3.8, 4) is 5.75 Å². The Morgan fingerprint density at radius 2 is 2.11 bits per heavy atom. The van der Waals surface area contributed by atoms with Crippen LogP contribution in [-0.2, 0) is 4.79 Å². The van der Waals surface area contributed by atoms with Gasteiger partial charge in [0.25, 0.3) is 0 Å². The first kappa shape index (κ1) is 13.6. The van der Waals surface area contributed by atoms with Gasteiger partial charge in [-0.25, -0.2) is 0 Å². The average molecular weight is 261 g/mol. The minimum atomic E-state index is -0.0302. The number of nitrogens with one attached hydrogen (secondary N) is 1. The van der Waals surface area contributed by atoms with Gasteiger partial charge in [-0.1, -0.05) is 6.07 Å². The highest BCUT2D eigenvalue weighted by Gasteiger charge is 2.22. The predicted molar refractivity (Wildman–Crippen MR) is 72.5 cm³/mol. The van der Waals surface area contributed by atoms with E-state index in [1.54, 1.807) is 6.07 Å². The second-order valence-corrected chi connectivity index (χ2v) is 5.00. The largest absolute Gasteiger partial charge is 0.492 e. The molecule has 1 aromatic carbocycles. The first-order valence-electron chi connectivity index (χ1n) is 6.60. The monoisotopic (exact) mass is 261 g/mol. The van der Waals surface area contributed by atoms with Crippen molar-refractivity contribution < 1.29 is 14.3 Å². The molecule has 0 heterocycles. The van der Waals surface area contributed by atoms with Crippen LogP contribution in [0.15, 0.2) is 18.2 Å². The molecule has 102 valence electrons. The molecule has 2 rings (SSSR count). The Morgan fingerprint density at radius 1 is 1.37 bits per heavy atom. The summed E-state index contributed by atoms with van der Waals surface area (Å²) in [5.74, 6) is 0.545. The highest BCUT2D eigenvalue weighted by atomic mass is 16.5. The number of ketones is 1. The van der Waals surface area contributed by atoms with Gasteiger partial charge in [-0.15, -0.1) is 0 Å². The second-order valence-electron chi connectivity index (χ2n) is 5.00. The molecule has 1 fully saturated rings. The summed E-state index contributed by atoms with van der Waals surface area (Å²) in [5, 5.41) is 2.90. The SMILES string of the molecule is CC(=O)c1ccc(C)cc1OCCC(=O)NC1CC1. The topological polar surface area (TPSA) is 55.4 Å². The number of Topliss-reactive ketones (excluding diaryl/α,β-unsaturated/α-hetero) is 1. The molecule has 0 unspecified atom stereocenters. The van der Waals surface area contributed by atoms with E-state index in [1.165, 1.54) is 6.92 Å². The Balaban J connectivity index is 1.88. The van der Waals surface area contributed by atoms with Crippen LogP contribution < -0.4 is 10.1 Å². The standard InChI is InChI=1S/C15H19NO3/c1-10-3-6-13(11(2)17)14(9-10)19-8-7-15(18)16-12-4-5-12/h3,6,9,12H,4-5,7-8H2,1-2H3,(H,16,18). The Labute approximate surface area is 113 Å². The number of carbonyl (C=O) groups is 2. The maximum absolute atomic E-state index is 11.5. The lowest BCUT2D eigenvalue weighted by atomic mass is 10.1. The van der Waals surface area contributed by atoms with Crippen LogP contribution in [0.1, 0.15) is 42.1 Å². The Hall–Kier alpha value is -1.84. The summed E-state index contributed by atoms with van der Waals surface area (Å²) in [6.45, 7) is 3.75. The van der Waals surface area contributed by atoms with E-state index in [4.69, 9.17) is 4.74 Å². The van der Waals surface area contributed by atoms with Gasteiger partial charge in [0.15, 0.2) is 5.78 Å². The van der Waals surface area contributed by atoms with Crippen molar-refractivity contribution in [3.05, 3.63) is 29.3 Å². The summed E-state index contributed by atoms with van der Waals surface area (Å²) in [6, 6.07) is 5.84. The molecule has 1 aliphatic carbocycles. The molecule has 0 aliphatic heterocycles. The number of rotatable bonds is 6. The van der Waals surface area contributed by atoms with Gasteiger partial charge in [-0.2, -0.15) is 0 Å². The molecule has 1 aliphatic rings. The summed E-state index contributed by atoms with van der Waals surface area (Å²) < 4.78 is 5.57. The van der Waals surface area contributed by atoms with Gasteiger partial charge in [0.1, 0.15) is 5.75 Å². The maximum Gasteiger partial charge on any atom is 0.223 e. The quantitative estimate of drug-likeness (QED) is 0.799. The molecule has 1 N–H and O–H groups in total. The van der Waals surface area contributed by atoms with E-state index in [2.05, 4.69) is 5.32 Å². The molecule has 1 amide bonds. The number of hydrogen-bond acceptors (Lipinski definition) is 3. The summed E-state index contributed by atoms with van der Waals surface area (Å²) in [7, 11) is 0. The van der Waals surface area contributed by atoms with E-state index in [0.29, 0.717) is 30.4 Å². The van der Waals surface area contributed by atoms with E-state index in [1.807, 2.05) is 19.1 Å². The van der Waals surface area contributed by atoms with Crippen molar-refractivity contribution in [2.75, 3.05) is 6.61 Å². The zero-order valence-corrected chi connectivity index (χ0v) is 11.4. The fourth-order valence-corrected chi connectivity index (χ4v) is 1.82. The smallest absolute Gasteiger partial charge is 0.223 e. The number of aryl methyl sites for hydroxylation is 1.